The number of carbonyl (C=O) groups is 2. The monoisotopic (exact) mass is 498 g/mol. The Morgan fingerprint density at radius 2 is 1.40 bits per heavy atom. The van der Waals surface area contributed by atoms with Gasteiger partial charge in [0.25, 0.3) is 0 Å². The molecular weight excluding hydrogens is 460 g/mol. The summed E-state index contributed by atoms with van der Waals surface area (Å²) in [6.07, 6.45) is 0.0909. The molecule has 1 rings (SSSR count). The first-order valence-corrected chi connectivity index (χ1v) is 11.5. The maximum Gasteiger partial charge on any atom is 0.333 e. The van der Waals surface area contributed by atoms with Crippen LogP contribution in [0.25, 0.3) is 0 Å². The Morgan fingerprint density at radius 3 is 1.83 bits per heavy atom. The highest BCUT2D eigenvalue weighted by Crippen LogP contribution is 2.19. The van der Waals surface area contributed by atoms with Gasteiger partial charge in [0, 0.05) is 49.1 Å². The largest absolute Gasteiger partial charge is 0.492 e. The molecule has 0 saturated carbocycles. The Hall–Kier alpha value is -3.06. The molecule has 2 atom stereocenters. The number of amides is 1. The molecule has 0 bridgehead atoms. The zero-order valence-corrected chi connectivity index (χ0v) is 21.2. The first-order valence-electron chi connectivity index (χ1n) is 11.5. The highest BCUT2D eigenvalue weighted by Gasteiger charge is 2.30. The van der Waals surface area contributed by atoms with Gasteiger partial charge in [-0.15, -0.1) is 4.73 Å². The lowest BCUT2D eigenvalue weighted by molar-refractivity contribution is -0.145. The predicted octanol–water partition coefficient (Wildman–Crippen LogP) is 1.56. The molecule has 198 valence electrons. The highest BCUT2D eigenvalue weighted by molar-refractivity contribution is 5.77. The van der Waals surface area contributed by atoms with E-state index in [-0.39, 0.29) is 25.2 Å². The fourth-order valence-corrected chi connectivity index (χ4v) is 2.84. The topological polar surface area (TPSA) is 184 Å². The van der Waals surface area contributed by atoms with E-state index in [1.165, 1.54) is 12.1 Å². The SMILES string of the molecule is CC(N=O)C(C)(C)NCC(CNC(C)(C)C(C)N=O)NC(=O)CCCC(=O)On1c(O)ccc1O. The third-order valence-electron chi connectivity index (χ3n) is 6.15. The summed E-state index contributed by atoms with van der Waals surface area (Å²) in [7, 11) is 0. The first kappa shape index (κ1) is 30.0. The molecule has 0 fully saturated rings. The van der Waals surface area contributed by atoms with Crippen LogP contribution in [0.1, 0.15) is 60.8 Å². The van der Waals surface area contributed by atoms with E-state index in [0.717, 1.165) is 0 Å². The average Bonchev–Trinajstić information content (AvgIpc) is 3.11. The number of aromatic hydroxyl groups is 2. The summed E-state index contributed by atoms with van der Waals surface area (Å²) in [6, 6.07) is 0.914. The summed E-state index contributed by atoms with van der Waals surface area (Å²) < 4.78 is 0.587. The van der Waals surface area contributed by atoms with Crippen molar-refractivity contribution in [3.05, 3.63) is 21.9 Å². The van der Waals surface area contributed by atoms with E-state index < -0.39 is 46.9 Å². The molecule has 2 unspecified atom stereocenters. The molecule has 0 aliphatic carbocycles. The summed E-state index contributed by atoms with van der Waals surface area (Å²) in [5.41, 5.74) is -1.23. The van der Waals surface area contributed by atoms with Crippen LogP contribution in [0.5, 0.6) is 11.8 Å². The van der Waals surface area contributed by atoms with Crippen molar-refractivity contribution in [3.8, 4) is 11.8 Å². The van der Waals surface area contributed by atoms with E-state index in [4.69, 9.17) is 4.84 Å². The van der Waals surface area contributed by atoms with E-state index in [0.29, 0.717) is 17.8 Å². The summed E-state index contributed by atoms with van der Waals surface area (Å²) in [5.74, 6) is -1.90. The number of nitrogens with zero attached hydrogens (tertiary/aromatic N) is 3. The second-order valence-corrected chi connectivity index (χ2v) is 9.69. The van der Waals surface area contributed by atoms with Crippen molar-refractivity contribution in [1.29, 1.82) is 0 Å². The minimum Gasteiger partial charge on any atom is -0.492 e. The van der Waals surface area contributed by atoms with Gasteiger partial charge >= 0.3 is 5.97 Å². The van der Waals surface area contributed by atoms with Crippen LogP contribution in [0.4, 0.5) is 0 Å². The Bertz CT molecular complexity index is 821. The van der Waals surface area contributed by atoms with Gasteiger partial charge in [-0.3, -0.25) is 4.79 Å². The summed E-state index contributed by atoms with van der Waals surface area (Å²) >= 11 is 0. The smallest absolute Gasteiger partial charge is 0.333 e. The van der Waals surface area contributed by atoms with Gasteiger partial charge in [-0.1, -0.05) is 10.4 Å². The predicted molar refractivity (Wildman–Crippen MR) is 130 cm³/mol. The van der Waals surface area contributed by atoms with Gasteiger partial charge in [0.05, 0.1) is 6.04 Å². The third-order valence-corrected chi connectivity index (χ3v) is 6.15. The molecule has 1 aromatic heterocycles. The molecule has 0 aliphatic rings. The first-order chi connectivity index (χ1) is 16.2. The van der Waals surface area contributed by atoms with Crippen molar-refractivity contribution in [3.63, 3.8) is 0 Å². The minimum atomic E-state index is -0.728. The molecule has 0 radical (unpaired) electrons. The molecule has 5 N–H and O–H groups in total. The summed E-state index contributed by atoms with van der Waals surface area (Å²) in [6.45, 7) is 11.4. The molecule has 0 aliphatic heterocycles. The number of hydrogen-bond acceptors (Lipinski definition) is 11. The minimum absolute atomic E-state index is 0.0284. The van der Waals surface area contributed by atoms with Crippen molar-refractivity contribution in [2.75, 3.05) is 13.1 Å². The van der Waals surface area contributed by atoms with Gasteiger partial charge in [0.2, 0.25) is 17.7 Å². The fourth-order valence-electron chi connectivity index (χ4n) is 2.84. The molecule has 0 spiro atoms. The number of rotatable bonds is 16. The van der Waals surface area contributed by atoms with Gasteiger partial charge in [-0.05, 0) is 48.0 Å². The normalized spacial score (nSPS) is 14.6. The maximum atomic E-state index is 12.5. The fraction of sp³-hybridized carbons (Fsp3) is 0.727. The second kappa shape index (κ2) is 13.1. The quantitative estimate of drug-likeness (QED) is 0.211. The number of nitrogens with one attached hydrogen (secondary N) is 3. The van der Waals surface area contributed by atoms with Crippen molar-refractivity contribution in [2.45, 2.75) is 90.0 Å². The Labute approximate surface area is 204 Å². The molecule has 1 aromatic rings. The van der Waals surface area contributed by atoms with Crippen LogP contribution in [0.15, 0.2) is 22.5 Å². The van der Waals surface area contributed by atoms with Gasteiger partial charge in [-0.25, -0.2) is 4.79 Å². The molecule has 13 heteroatoms. The molecule has 35 heavy (non-hydrogen) atoms. The van der Waals surface area contributed by atoms with E-state index in [9.17, 15) is 29.6 Å². The molecule has 1 amide bonds. The van der Waals surface area contributed by atoms with Crippen LogP contribution >= 0.6 is 0 Å². The van der Waals surface area contributed by atoms with Gasteiger partial charge in [0.1, 0.15) is 12.1 Å². The van der Waals surface area contributed by atoms with Crippen molar-refractivity contribution < 1.29 is 24.6 Å². The summed E-state index contributed by atoms with van der Waals surface area (Å²) in [4.78, 5) is 51.3. The average molecular weight is 499 g/mol. The van der Waals surface area contributed by atoms with Crippen LogP contribution in [0, 0.1) is 9.81 Å². The van der Waals surface area contributed by atoms with E-state index in [1.807, 2.05) is 27.7 Å². The van der Waals surface area contributed by atoms with Crippen molar-refractivity contribution >= 4 is 11.9 Å². The molecule has 0 aromatic carbocycles. The molecule has 1 heterocycles. The molecule has 0 saturated heterocycles. The van der Waals surface area contributed by atoms with Gasteiger partial charge in [0.15, 0.2) is 0 Å². The van der Waals surface area contributed by atoms with E-state index >= 15 is 0 Å². The standard InChI is InChI=1S/C22H38N6O7/c1-14(26-33)21(3,4)23-12-16(13-24-22(5,6)15(2)27-34)25-17(29)8-7-9-20(32)35-28-18(30)10-11-19(28)31/h10-11,14-16,23-24,30-31H,7-9,12-13H2,1-6H3,(H,25,29). The lowest BCUT2D eigenvalue weighted by atomic mass is 9.95. The van der Waals surface area contributed by atoms with Gasteiger partial charge in [-0.2, -0.15) is 9.81 Å². The summed E-state index contributed by atoms with van der Waals surface area (Å²) in [5, 5.41) is 34.6. The van der Waals surface area contributed by atoms with Crippen LogP contribution in [-0.4, -0.2) is 69.1 Å². The van der Waals surface area contributed by atoms with Gasteiger partial charge < -0.3 is 31.0 Å². The Balaban J connectivity index is 2.67. The van der Waals surface area contributed by atoms with Crippen LogP contribution in [0.3, 0.4) is 0 Å². The third kappa shape index (κ3) is 9.61. The number of nitroso groups, excluding NO2 is 2. The van der Waals surface area contributed by atoms with Crippen molar-refractivity contribution in [2.24, 2.45) is 10.4 Å². The van der Waals surface area contributed by atoms with Crippen LogP contribution < -0.4 is 20.8 Å². The number of aromatic nitrogens is 1. The van der Waals surface area contributed by atoms with Crippen LogP contribution in [-0.2, 0) is 9.59 Å². The number of carbonyl (C=O) groups excluding carboxylic acids is 2. The lowest BCUT2D eigenvalue weighted by Crippen LogP contribution is -2.58. The van der Waals surface area contributed by atoms with Crippen molar-refractivity contribution in [1.82, 2.24) is 20.7 Å². The molecule has 13 nitrogen and oxygen atoms in total. The maximum absolute atomic E-state index is 12.5. The Kier molecular flexibility index (Phi) is 11.3. The second-order valence-electron chi connectivity index (χ2n) is 9.69. The zero-order chi connectivity index (χ0) is 26.8. The van der Waals surface area contributed by atoms with E-state index in [2.05, 4.69) is 26.3 Å². The van der Waals surface area contributed by atoms with Crippen LogP contribution in [0.2, 0.25) is 0 Å². The molecular formula is C22H38N6O7. The Morgan fingerprint density at radius 1 is 0.943 bits per heavy atom. The zero-order valence-electron chi connectivity index (χ0n) is 21.2. The number of hydrogen-bond donors (Lipinski definition) is 5. The highest BCUT2D eigenvalue weighted by atomic mass is 16.7. The van der Waals surface area contributed by atoms with E-state index in [1.54, 1.807) is 13.8 Å². The lowest BCUT2D eigenvalue weighted by Gasteiger charge is -2.34.